The Kier molecular flexibility index (Phi) is 3.79. The van der Waals surface area contributed by atoms with E-state index in [9.17, 15) is 9.59 Å². The molecule has 1 aliphatic rings. The molecule has 1 saturated carbocycles. The molecule has 0 bridgehead atoms. The van der Waals surface area contributed by atoms with Crippen molar-refractivity contribution >= 4 is 22.6 Å². The van der Waals surface area contributed by atoms with Crippen LogP contribution >= 0.6 is 0 Å². The molecule has 0 unspecified atom stereocenters. The monoisotopic (exact) mass is 339 g/mol. The predicted molar refractivity (Wildman–Crippen MR) is 90.0 cm³/mol. The normalized spacial score (nSPS) is 16.6. The molecule has 0 atom stereocenters. The van der Waals surface area contributed by atoms with E-state index in [1.54, 1.807) is 22.9 Å². The number of carbonyl (C=O) groups excluding carboxylic acids is 1. The fourth-order valence-corrected chi connectivity index (χ4v) is 3.46. The number of nitrogens with zero attached hydrogens (tertiary/aromatic N) is 4. The third-order valence-corrected chi connectivity index (χ3v) is 4.81. The summed E-state index contributed by atoms with van der Waals surface area (Å²) in [6.45, 7) is 0. The van der Waals surface area contributed by atoms with E-state index < -0.39 is 5.54 Å². The molecule has 2 heterocycles. The highest BCUT2D eigenvalue weighted by Crippen LogP contribution is 2.35. The quantitative estimate of drug-likeness (QED) is 0.783. The number of amides is 1. The number of nitrogens with one attached hydrogen (secondary N) is 1. The molecule has 1 N–H and O–H groups in total. The highest BCUT2D eigenvalue weighted by molar-refractivity contribution is 5.98. The molecule has 0 radical (unpaired) electrons. The summed E-state index contributed by atoms with van der Waals surface area (Å²) >= 11 is 0. The number of benzene rings is 1. The van der Waals surface area contributed by atoms with Gasteiger partial charge in [0, 0.05) is 11.8 Å². The summed E-state index contributed by atoms with van der Waals surface area (Å²) in [4.78, 5) is 25.0. The zero-order valence-corrected chi connectivity index (χ0v) is 13.5. The SMILES string of the molecule is O=C(Nc1ccc2occc(=O)c2c1)C1(n2cnnn2)CCCCC1. The number of aromatic nitrogens is 4. The summed E-state index contributed by atoms with van der Waals surface area (Å²) in [6.07, 6.45) is 7.17. The lowest BCUT2D eigenvalue weighted by molar-refractivity contribution is -0.126. The summed E-state index contributed by atoms with van der Waals surface area (Å²) in [6, 6.07) is 6.39. The molecule has 0 aliphatic heterocycles. The van der Waals surface area contributed by atoms with Crippen molar-refractivity contribution in [3.63, 3.8) is 0 Å². The summed E-state index contributed by atoms with van der Waals surface area (Å²) < 4.78 is 6.86. The van der Waals surface area contributed by atoms with Crippen LogP contribution in [0.15, 0.2) is 46.1 Å². The first-order valence-electron chi connectivity index (χ1n) is 8.26. The number of rotatable bonds is 3. The molecule has 3 aromatic rings. The van der Waals surface area contributed by atoms with Gasteiger partial charge in [0.05, 0.1) is 11.6 Å². The second kappa shape index (κ2) is 6.12. The van der Waals surface area contributed by atoms with E-state index in [0.29, 0.717) is 29.5 Å². The second-order valence-electron chi connectivity index (χ2n) is 6.30. The van der Waals surface area contributed by atoms with Crippen LogP contribution < -0.4 is 10.7 Å². The topological polar surface area (TPSA) is 103 Å². The number of hydrogen-bond acceptors (Lipinski definition) is 6. The third-order valence-electron chi connectivity index (χ3n) is 4.81. The summed E-state index contributed by atoms with van der Waals surface area (Å²) in [5.74, 6) is -0.167. The van der Waals surface area contributed by atoms with Crippen LogP contribution in [0.3, 0.4) is 0 Å². The minimum absolute atomic E-state index is 0.148. The zero-order valence-electron chi connectivity index (χ0n) is 13.5. The van der Waals surface area contributed by atoms with Gasteiger partial charge >= 0.3 is 0 Å². The van der Waals surface area contributed by atoms with E-state index in [2.05, 4.69) is 20.8 Å². The molecule has 4 rings (SSSR count). The second-order valence-corrected chi connectivity index (χ2v) is 6.30. The standard InChI is InChI=1S/C17H17N5O3/c23-14-6-9-25-15-5-4-12(10-13(14)15)19-16(24)17(7-2-1-3-8-17)22-11-18-20-21-22/h4-6,9-11H,1-3,7-8H2,(H,19,24). The largest absolute Gasteiger partial charge is 0.464 e. The lowest BCUT2D eigenvalue weighted by Crippen LogP contribution is -2.47. The predicted octanol–water partition coefficient (Wildman–Crippen LogP) is 2.08. The molecule has 1 aliphatic carbocycles. The van der Waals surface area contributed by atoms with Crippen LogP contribution in [0.4, 0.5) is 5.69 Å². The Hall–Kier alpha value is -3.03. The van der Waals surface area contributed by atoms with Crippen molar-refractivity contribution in [1.29, 1.82) is 0 Å². The minimum Gasteiger partial charge on any atom is -0.464 e. The molecular formula is C17H17N5O3. The molecular weight excluding hydrogens is 322 g/mol. The Labute approximate surface area is 142 Å². The molecule has 128 valence electrons. The van der Waals surface area contributed by atoms with Gasteiger partial charge in [-0.15, -0.1) is 5.10 Å². The van der Waals surface area contributed by atoms with Gasteiger partial charge < -0.3 is 9.73 Å². The van der Waals surface area contributed by atoms with Crippen molar-refractivity contribution in [2.45, 2.75) is 37.6 Å². The average molecular weight is 339 g/mol. The summed E-state index contributed by atoms with van der Waals surface area (Å²) in [5, 5.41) is 14.7. The van der Waals surface area contributed by atoms with Gasteiger partial charge in [0.2, 0.25) is 0 Å². The van der Waals surface area contributed by atoms with Crippen molar-refractivity contribution in [2.24, 2.45) is 0 Å². The van der Waals surface area contributed by atoms with Crippen LogP contribution in [-0.4, -0.2) is 26.1 Å². The Morgan fingerprint density at radius 3 is 2.80 bits per heavy atom. The maximum absolute atomic E-state index is 13.1. The zero-order chi connectivity index (χ0) is 17.3. The van der Waals surface area contributed by atoms with E-state index in [1.165, 1.54) is 18.7 Å². The van der Waals surface area contributed by atoms with Gasteiger partial charge in [-0.1, -0.05) is 19.3 Å². The van der Waals surface area contributed by atoms with Crippen LogP contribution in [0.2, 0.25) is 0 Å². The Morgan fingerprint density at radius 1 is 1.20 bits per heavy atom. The van der Waals surface area contributed by atoms with E-state index in [4.69, 9.17) is 4.42 Å². The third kappa shape index (κ3) is 2.69. The maximum Gasteiger partial charge on any atom is 0.252 e. The first kappa shape index (κ1) is 15.5. The molecule has 25 heavy (non-hydrogen) atoms. The maximum atomic E-state index is 13.1. The minimum atomic E-state index is -0.794. The summed E-state index contributed by atoms with van der Waals surface area (Å²) in [7, 11) is 0. The molecule has 8 nitrogen and oxygen atoms in total. The fourth-order valence-electron chi connectivity index (χ4n) is 3.46. The summed E-state index contributed by atoms with van der Waals surface area (Å²) in [5.41, 5.74) is 0.0931. The fraction of sp³-hybridized carbons (Fsp3) is 0.353. The number of tetrazole rings is 1. The van der Waals surface area contributed by atoms with Gasteiger partial charge in [0.15, 0.2) is 5.43 Å². The molecule has 0 spiro atoms. The molecule has 1 fully saturated rings. The van der Waals surface area contributed by atoms with Crippen LogP contribution in [0, 0.1) is 0 Å². The highest BCUT2D eigenvalue weighted by atomic mass is 16.3. The highest BCUT2D eigenvalue weighted by Gasteiger charge is 2.42. The number of anilines is 1. The Morgan fingerprint density at radius 2 is 2.04 bits per heavy atom. The van der Waals surface area contributed by atoms with E-state index in [0.717, 1.165) is 19.3 Å². The van der Waals surface area contributed by atoms with Gasteiger partial charge in [0.1, 0.15) is 17.4 Å². The molecule has 8 heteroatoms. The van der Waals surface area contributed by atoms with Crippen molar-refractivity contribution in [2.75, 3.05) is 5.32 Å². The number of fused-ring (bicyclic) bond motifs is 1. The van der Waals surface area contributed by atoms with Crippen LogP contribution in [-0.2, 0) is 10.3 Å². The van der Waals surface area contributed by atoms with E-state index >= 15 is 0 Å². The Balaban J connectivity index is 1.68. The Bertz CT molecular complexity index is 958. The van der Waals surface area contributed by atoms with Crippen LogP contribution in [0.5, 0.6) is 0 Å². The van der Waals surface area contributed by atoms with E-state index in [-0.39, 0.29) is 11.3 Å². The lowest BCUT2D eigenvalue weighted by Gasteiger charge is -2.35. The first-order valence-corrected chi connectivity index (χ1v) is 8.26. The molecule has 2 aromatic heterocycles. The van der Waals surface area contributed by atoms with Crippen molar-refractivity contribution in [3.8, 4) is 0 Å². The van der Waals surface area contributed by atoms with Crippen molar-refractivity contribution < 1.29 is 9.21 Å². The smallest absolute Gasteiger partial charge is 0.252 e. The van der Waals surface area contributed by atoms with Crippen molar-refractivity contribution in [3.05, 3.63) is 47.1 Å². The van der Waals surface area contributed by atoms with Crippen molar-refractivity contribution in [1.82, 2.24) is 20.2 Å². The van der Waals surface area contributed by atoms with E-state index in [1.807, 2.05) is 0 Å². The number of hydrogen-bond donors (Lipinski definition) is 1. The van der Waals surface area contributed by atoms with Crippen LogP contribution in [0.1, 0.15) is 32.1 Å². The van der Waals surface area contributed by atoms with Gasteiger partial charge in [-0.2, -0.15) is 0 Å². The molecule has 1 aromatic carbocycles. The lowest BCUT2D eigenvalue weighted by atomic mass is 9.81. The molecule has 0 saturated heterocycles. The van der Waals surface area contributed by atoms with Gasteiger partial charge in [-0.3, -0.25) is 9.59 Å². The van der Waals surface area contributed by atoms with Gasteiger partial charge in [0.25, 0.3) is 5.91 Å². The average Bonchev–Trinajstić information content (AvgIpc) is 3.18. The molecule has 1 amide bonds. The van der Waals surface area contributed by atoms with Gasteiger partial charge in [-0.25, -0.2) is 4.68 Å². The van der Waals surface area contributed by atoms with Crippen LogP contribution in [0.25, 0.3) is 11.0 Å². The number of carbonyl (C=O) groups is 1. The first-order chi connectivity index (χ1) is 12.2. The van der Waals surface area contributed by atoms with Gasteiger partial charge in [-0.05, 0) is 41.5 Å².